The zero-order chi connectivity index (χ0) is 17.1. The lowest BCUT2D eigenvalue weighted by atomic mass is 10.1. The first-order chi connectivity index (χ1) is 11.6. The summed E-state index contributed by atoms with van der Waals surface area (Å²) in [6.45, 7) is 7.95. The number of amides is 1. The molecular weight excluding hydrogens is 338 g/mol. The molecule has 0 aromatic carbocycles. The number of nitrogens with zero attached hydrogens (tertiary/aromatic N) is 3. The van der Waals surface area contributed by atoms with Crippen molar-refractivity contribution >= 4 is 33.7 Å². The number of likely N-dealkylation sites (N-methyl/N-ethyl adjacent to an activating group) is 1. The van der Waals surface area contributed by atoms with Crippen molar-refractivity contribution in [2.75, 3.05) is 11.4 Å². The summed E-state index contributed by atoms with van der Waals surface area (Å²) in [7, 11) is 0. The molecule has 0 spiro atoms. The van der Waals surface area contributed by atoms with Crippen LogP contribution in [0.5, 0.6) is 0 Å². The molecule has 1 saturated carbocycles. The van der Waals surface area contributed by atoms with E-state index in [9.17, 15) is 4.79 Å². The maximum atomic E-state index is 11.9. The van der Waals surface area contributed by atoms with Crippen molar-refractivity contribution in [3.05, 3.63) is 33.5 Å². The van der Waals surface area contributed by atoms with E-state index in [2.05, 4.69) is 41.0 Å². The van der Waals surface area contributed by atoms with E-state index >= 15 is 0 Å². The number of aromatic nitrogens is 1. The van der Waals surface area contributed by atoms with Crippen molar-refractivity contribution < 1.29 is 4.79 Å². The average molecular weight is 364 g/mol. The summed E-state index contributed by atoms with van der Waals surface area (Å²) >= 11 is 3.35. The molecule has 0 saturated heterocycles. The summed E-state index contributed by atoms with van der Waals surface area (Å²) in [5.41, 5.74) is 2.47. The number of carbonyl (C=O) groups excluding carboxylic acids is 1. The van der Waals surface area contributed by atoms with Gasteiger partial charge >= 0.3 is 0 Å². The second-order valence-corrected chi connectivity index (χ2v) is 8.11. The van der Waals surface area contributed by atoms with Gasteiger partial charge in [-0.1, -0.05) is 6.92 Å². The Kier molecular flexibility index (Phi) is 5.69. The molecule has 6 heteroatoms. The van der Waals surface area contributed by atoms with Crippen LogP contribution in [0.1, 0.15) is 44.9 Å². The van der Waals surface area contributed by atoms with E-state index in [0.717, 1.165) is 43.2 Å². The molecule has 2 aromatic rings. The minimum Gasteiger partial charge on any atom is -0.295 e. The van der Waals surface area contributed by atoms with Gasteiger partial charge in [0, 0.05) is 30.9 Å². The number of hydrogen-bond acceptors (Lipinski definition) is 5. The highest BCUT2D eigenvalue weighted by molar-refractivity contribution is 7.14. The minimum atomic E-state index is 0.108. The van der Waals surface area contributed by atoms with Crippen LogP contribution in [-0.4, -0.2) is 34.4 Å². The Morgan fingerprint density at radius 1 is 1.42 bits per heavy atom. The van der Waals surface area contributed by atoms with Gasteiger partial charge in [-0.3, -0.25) is 14.6 Å². The second kappa shape index (κ2) is 7.76. The van der Waals surface area contributed by atoms with Crippen LogP contribution >= 0.6 is 22.7 Å². The molecule has 1 aliphatic rings. The van der Waals surface area contributed by atoms with Gasteiger partial charge in [0.05, 0.1) is 5.69 Å². The molecule has 1 atom stereocenters. The van der Waals surface area contributed by atoms with Gasteiger partial charge in [-0.05, 0) is 55.1 Å². The van der Waals surface area contributed by atoms with Gasteiger partial charge in [0.15, 0.2) is 5.13 Å². The summed E-state index contributed by atoms with van der Waals surface area (Å²) in [4.78, 5) is 21.0. The van der Waals surface area contributed by atoms with Crippen molar-refractivity contribution in [2.45, 2.75) is 58.7 Å². The van der Waals surface area contributed by atoms with Gasteiger partial charge in [0.25, 0.3) is 0 Å². The van der Waals surface area contributed by atoms with Crippen LogP contribution in [0.4, 0.5) is 5.13 Å². The number of carbonyl (C=O) groups is 1. The topological polar surface area (TPSA) is 36.4 Å². The van der Waals surface area contributed by atoms with Crippen LogP contribution in [-0.2, 0) is 17.8 Å². The molecule has 2 heterocycles. The molecule has 1 amide bonds. The van der Waals surface area contributed by atoms with Gasteiger partial charge in [-0.15, -0.1) is 11.3 Å². The van der Waals surface area contributed by atoms with Crippen molar-refractivity contribution in [2.24, 2.45) is 0 Å². The normalized spacial score (nSPS) is 15.7. The fourth-order valence-corrected chi connectivity index (χ4v) is 4.64. The number of rotatable bonds is 8. The highest BCUT2D eigenvalue weighted by atomic mass is 32.1. The monoisotopic (exact) mass is 363 g/mol. The SMILES string of the molecule is CCN(Cc1csc(N(C(C)=O)C2CC2)n1)C(C)Cc1ccsc1. The lowest BCUT2D eigenvalue weighted by Gasteiger charge is -2.27. The maximum Gasteiger partial charge on any atom is 0.225 e. The standard InChI is InChI=1S/C18H25N3OS2/c1-4-20(13(2)9-15-7-8-23-11-15)10-16-12-24-18(19-16)21(14(3)22)17-5-6-17/h7-8,11-13,17H,4-6,9-10H2,1-3H3. The first kappa shape index (κ1) is 17.6. The Morgan fingerprint density at radius 3 is 2.79 bits per heavy atom. The van der Waals surface area contributed by atoms with Crippen LogP contribution in [0.2, 0.25) is 0 Å². The Bertz CT molecular complexity index is 664. The Hall–Kier alpha value is -1.24. The third kappa shape index (κ3) is 4.23. The molecule has 24 heavy (non-hydrogen) atoms. The Balaban J connectivity index is 1.64. The summed E-state index contributed by atoms with van der Waals surface area (Å²) in [5, 5.41) is 7.33. The number of hydrogen-bond donors (Lipinski definition) is 0. The Labute approximate surface area is 152 Å². The number of thiophene rings is 1. The predicted molar refractivity (Wildman–Crippen MR) is 102 cm³/mol. The van der Waals surface area contributed by atoms with Gasteiger partial charge in [0.2, 0.25) is 5.91 Å². The van der Waals surface area contributed by atoms with E-state index < -0.39 is 0 Å². The maximum absolute atomic E-state index is 11.9. The van der Waals surface area contributed by atoms with Crippen molar-refractivity contribution in [3.63, 3.8) is 0 Å². The van der Waals surface area contributed by atoms with Crippen LogP contribution in [0, 0.1) is 0 Å². The predicted octanol–water partition coefficient (Wildman–Crippen LogP) is 4.17. The van der Waals surface area contributed by atoms with E-state index in [0.29, 0.717) is 12.1 Å². The molecular formula is C18H25N3OS2. The van der Waals surface area contributed by atoms with Crippen molar-refractivity contribution in [1.29, 1.82) is 0 Å². The zero-order valence-electron chi connectivity index (χ0n) is 14.6. The van der Waals surface area contributed by atoms with Gasteiger partial charge < -0.3 is 0 Å². The van der Waals surface area contributed by atoms with Gasteiger partial charge in [-0.25, -0.2) is 4.98 Å². The first-order valence-corrected chi connectivity index (χ1v) is 10.4. The zero-order valence-corrected chi connectivity index (χ0v) is 16.2. The molecule has 0 N–H and O–H groups in total. The van der Waals surface area contributed by atoms with E-state index in [1.807, 2.05) is 4.90 Å². The molecule has 1 unspecified atom stereocenters. The van der Waals surface area contributed by atoms with E-state index in [1.54, 1.807) is 29.6 Å². The first-order valence-electron chi connectivity index (χ1n) is 8.57. The lowest BCUT2D eigenvalue weighted by Crippen LogP contribution is -2.34. The van der Waals surface area contributed by atoms with Crippen LogP contribution in [0.25, 0.3) is 0 Å². The number of thiazole rings is 1. The van der Waals surface area contributed by atoms with Crippen LogP contribution < -0.4 is 4.90 Å². The average Bonchev–Trinajstić information content (AvgIpc) is 3.04. The lowest BCUT2D eigenvalue weighted by molar-refractivity contribution is -0.116. The molecule has 4 nitrogen and oxygen atoms in total. The molecule has 3 rings (SSSR count). The molecule has 0 radical (unpaired) electrons. The summed E-state index contributed by atoms with van der Waals surface area (Å²) in [6.07, 6.45) is 3.27. The fourth-order valence-electron chi connectivity index (χ4n) is 3.03. The smallest absolute Gasteiger partial charge is 0.225 e. The molecule has 1 aliphatic carbocycles. The van der Waals surface area contributed by atoms with Gasteiger partial charge in [-0.2, -0.15) is 11.3 Å². The van der Waals surface area contributed by atoms with E-state index in [-0.39, 0.29) is 5.91 Å². The molecule has 2 aromatic heterocycles. The highest BCUT2D eigenvalue weighted by Crippen LogP contribution is 2.33. The van der Waals surface area contributed by atoms with Gasteiger partial charge in [0.1, 0.15) is 0 Å². The fraction of sp³-hybridized carbons (Fsp3) is 0.556. The number of anilines is 1. The van der Waals surface area contributed by atoms with E-state index in [4.69, 9.17) is 4.98 Å². The molecule has 0 aliphatic heterocycles. The summed E-state index contributed by atoms with van der Waals surface area (Å²) < 4.78 is 0. The molecule has 1 fully saturated rings. The second-order valence-electron chi connectivity index (χ2n) is 6.49. The van der Waals surface area contributed by atoms with Crippen LogP contribution in [0.15, 0.2) is 22.2 Å². The summed E-state index contributed by atoms with van der Waals surface area (Å²) in [5.74, 6) is 0.108. The minimum absolute atomic E-state index is 0.108. The van der Waals surface area contributed by atoms with Crippen molar-refractivity contribution in [1.82, 2.24) is 9.88 Å². The third-order valence-corrected chi connectivity index (χ3v) is 6.12. The third-order valence-electron chi connectivity index (χ3n) is 4.50. The molecule has 130 valence electrons. The van der Waals surface area contributed by atoms with Crippen molar-refractivity contribution in [3.8, 4) is 0 Å². The Morgan fingerprint density at radius 2 is 2.21 bits per heavy atom. The van der Waals surface area contributed by atoms with E-state index in [1.165, 1.54) is 5.56 Å². The molecule has 0 bridgehead atoms. The van der Waals surface area contributed by atoms with Crippen LogP contribution in [0.3, 0.4) is 0 Å². The quantitative estimate of drug-likeness (QED) is 0.706. The largest absolute Gasteiger partial charge is 0.295 e. The summed E-state index contributed by atoms with van der Waals surface area (Å²) in [6, 6.07) is 3.06. The highest BCUT2D eigenvalue weighted by Gasteiger charge is 2.33.